The van der Waals surface area contributed by atoms with Gasteiger partial charge in [0.05, 0.1) is 10.5 Å². The zero-order valence-electron chi connectivity index (χ0n) is 6.85. The number of aromatic hydroxyl groups is 1. The molecule has 0 saturated heterocycles. The molecule has 1 rings (SSSR count). The minimum Gasteiger partial charge on any atom is -0.506 e. The van der Waals surface area contributed by atoms with Gasteiger partial charge in [0.25, 0.3) is 6.43 Å². The van der Waals surface area contributed by atoms with Gasteiger partial charge in [0.15, 0.2) is 0 Å². The summed E-state index contributed by atoms with van der Waals surface area (Å²) in [5.41, 5.74) is 4.92. The lowest BCUT2D eigenvalue weighted by Crippen LogP contribution is -2.19. The molecule has 0 bridgehead atoms. The number of benzene rings is 1. The molecule has 0 heterocycles. The first-order valence-corrected chi connectivity index (χ1v) is 4.45. The second kappa shape index (κ2) is 4.18. The number of phenolic OH excluding ortho intramolecular Hbond substituents is 1. The number of alkyl halides is 2. The average Bonchev–Trinajstić information content (AvgIpc) is 2.13. The van der Waals surface area contributed by atoms with Crippen LogP contribution in [0.2, 0.25) is 0 Å². The van der Waals surface area contributed by atoms with E-state index in [9.17, 15) is 18.3 Å². The van der Waals surface area contributed by atoms with Gasteiger partial charge >= 0.3 is 0 Å². The van der Waals surface area contributed by atoms with E-state index in [0.29, 0.717) is 0 Å². The smallest absolute Gasteiger partial charge is 0.257 e. The Hall–Kier alpha value is -0.750. The van der Waals surface area contributed by atoms with E-state index >= 15 is 0 Å². The van der Waals surface area contributed by atoms with Gasteiger partial charge in [0, 0.05) is 5.56 Å². The highest BCUT2D eigenvalue weighted by atomic mass is 79.9. The van der Waals surface area contributed by atoms with E-state index in [2.05, 4.69) is 15.9 Å². The summed E-state index contributed by atoms with van der Waals surface area (Å²) in [5, 5.41) is 9.30. The molecule has 14 heavy (non-hydrogen) atoms. The molecule has 0 aliphatic rings. The van der Waals surface area contributed by atoms with Crippen LogP contribution < -0.4 is 5.73 Å². The summed E-state index contributed by atoms with van der Waals surface area (Å²) in [4.78, 5) is 0. The van der Waals surface area contributed by atoms with Crippen LogP contribution in [-0.2, 0) is 0 Å². The quantitative estimate of drug-likeness (QED) is 0.867. The van der Waals surface area contributed by atoms with Crippen molar-refractivity contribution in [2.24, 2.45) is 5.73 Å². The summed E-state index contributed by atoms with van der Waals surface area (Å²) in [6.07, 6.45) is -2.81. The maximum absolute atomic E-state index is 12.8. The monoisotopic (exact) mass is 269 g/mol. The highest BCUT2D eigenvalue weighted by Gasteiger charge is 2.22. The molecule has 0 fully saturated rings. The van der Waals surface area contributed by atoms with Crippen LogP contribution in [-0.4, -0.2) is 11.5 Å². The molecule has 6 heteroatoms. The molecule has 0 unspecified atom stereocenters. The molecule has 0 aromatic heterocycles. The summed E-state index contributed by atoms with van der Waals surface area (Å²) in [6.45, 7) is 0. The highest BCUT2D eigenvalue weighted by Crippen LogP contribution is 2.34. The lowest BCUT2D eigenvalue weighted by atomic mass is 10.1. The van der Waals surface area contributed by atoms with Crippen molar-refractivity contribution in [3.8, 4) is 5.75 Å². The van der Waals surface area contributed by atoms with Crippen molar-refractivity contribution in [1.29, 1.82) is 0 Å². The van der Waals surface area contributed by atoms with E-state index in [-0.39, 0.29) is 10.0 Å². The maximum atomic E-state index is 12.8. The summed E-state index contributed by atoms with van der Waals surface area (Å²) in [7, 11) is 0. The molecule has 0 aliphatic carbocycles. The summed E-state index contributed by atoms with van der Waals surface area (Å²) in [6, 6.07) is 0.375. The number of phenols is 1. The number of hydrogen-bond acceptors (Lipinski definition) is 2. The van der Waals surface area contributed by atoms with E-state index in [1.54, 1.807) is 0 Å². The second-order valence-corrected chi connectivity index (χ2v) is 3.45. The van der Waals surface area contributed by atoms with Crippen LogP contribution in [0.5, 0.6) is 5.75 Å². The van der Waals surface area contributed by atoms with E-state index in [1.807, 2.05) is 0 Å². The molecule has 1 aromatic rings. The van der Waals surface area contributed by atoms with Crippen molar-refractivity contribution in [3.63, 3.8) is 0 Å². The molecular formula is C8H7BrF3NO. The van der Waals surface area contributed by atoms with Crippen LogP contribution in [0, 0.1) is 5.82 Å². The van der Waals surface area contributed by atoms with Gasteiger partial charge in [0.2, 0.25) is 0 Å². The second-order valence-electron chi connectivity index (χ2n) is 2.66. The predicted molar refractivity (Wildman–Crippen MR) is 48.7 cm³/mol. The zero-order valence-corrected chi connectivity index (χ0v) is 8.43. The highest BCUT2D eigenvalue weighted by molar-refractivity contribution is 9.10. The van der Waals surface area contributed by atoms with Crippen LogP contribution >= 0.6 is 15.9 Å². The fourth-order valence-electron chi connectivity index (χ4n) is 0.960. The van der Waals surface area contributed by atoms with Crippen molar-refractivity contribution in [1.82, 2.24) is 0 Å². The minimum absolute atomic E-state index is 0.187. The van der Waals surface area contributed by atoms with E-state index < -0.39 is 24.0 Å². The third kappa shape index (κ3) is 2.01. The fraction of sp³-hybridized carbons (Fsp3) is 0.250. The number of nitrogens with two attached hydrogens (primary N) is 1. The normalized spacial score (nSPS) is 13.3. The zero-order chi connectivity index (χ0) is 10.9. The van der Waals surface area contributed by atoms with Crippen molar-refractivity contribution in [2.75, 3.05) is 0 Å². The summed E-state index contributed by atoms with van der Waals surface area (Å²) >= 11 is 2.72. The Morgan fingerprint density at radius 2 is 1.93 bits per heavy atom. The third-order valence-electron chi connectivity index (χ3n) is 1.73. The van der Waals surface area contributed by atoms with Gasteiger partial charge in [-0.15, -0.1) is 0 Å². The molecule has 0 spiro atoms. The Morgan fingerprint density at radius 3 is 2.43 bits per heavy atom. The SMILES string of the molecule is N[C@@H](c1ccc(F)c(Br)c1O)C(F)F. The van der Waals surface area contributed by atoms with Crippen molar-refractivity contribution in [2.45, 2.75) is 12.5 Å². The Kier molecular flexibility index (Phi) is 3.38. The van der Waals surface area contributed by atoms with Crippen LogP contribution in [0.15, 0.2) is 16.6 Å². The third-order valence-corrected chi connectivity index (χ3v) is 2.49. The first kappa shape index (κ1) is 11.3. The molecule has 78 valence electrons. The standard InChI is InChI=1S/C8H7BrF3NO/c9-5-4(10)2-1-3(7(5)14)6(13)8(11)12/h1-2,6,8,14H,13H2/t6-/m0/s1. The van der Waals surface area contributed by atoms with Crippen molar-refractivity contribution < 1.29 is 18.3 Å². The first-order chi connectivity index (χ1) is 6.45. The maximum Gasteiger partial charge on any atom is 0.257 e. The van der Waals surface area contributed by atoms with Crippen LogP contribution in [0.3, 0.4) is 0 Å². The van der Waals surface area contributed by atoms with Crippen LogP contribution in [0.1, 0.15) is 11.6 Å². The molecule has 1 atom stereocenters. The van der Waals surface area contributed by atoms with Gasteiger partial charge in [-0.1, -0.05) is 6.07 Å². The number of rotatable bonds is 2. The van der Waals surface area contributed by atoms with Gasteiger partial charge in [-0.3, -0.25) is 0 Å². The van der Waals surface area contributed by atoms with Crippen molar-refractivity contribution in [3.05, 3.63) is 28.0 Å². The van der Waals surface area contributed by atoms with E-state index in [0.717, 1.165) is 12.1 Å². The van der Waals surface area contributed by atoms with E-state index in [1.165, 1.54) is 0 Å². The fourth-order valence-corrected chi connectivity index (χ4v) is 1.32. The lowest BCUT2D eigenvalue weighted by Gasteiger charge is -2.13. The number of hydrogen-bond donors (Lipinski definition) is 2. The van der Waals surface area contributed by atoms with Crippen LogP contribution in [0.25, 0.3) is 0 Å². The van der Waals surface area contributed by atoms with Gasteiger partial charge in [-0.25, -0.2) is 13.2 Å². The lowest BCUT2D eigenvalue weighted by molar-refractivity contribution is 0.115. The minimum atomic E-state index is -2.81. The van der Waals surface area contributed by atoms with E-state index in [4.69, 9.17) is 5.73 Å². The predicted octanol–water partition coefficient (Wildman–Crippen LogP) is 2.56. The van der Waals surface area contributed by atoms with Crippen molar-refractivity contribution >= 4 is 15.9 Å². The van der Waals surface area contributed by atoms with Crippen LogP contribution in [0.4, 0.5) is 13.2 Å². The molecule has 3 N–H and O–H groups in total. The molecule has 0 amide bonds. The Balaban J connectivity index is 3.17. The molecule has 0 aliphatic heterocycles. The largest absolute Gasteiger partial charge is 0.506 e. The van der Waals surface area contributed by atoms with Gasteiger partial charge in [-0.2, -0.15) is 0 Å². The Bertz CT molecular complexity index is 346. The Labute approximate surface area is 86.7 Å². The molecular weight excluding hydrogens is 263 g/mol. The molecule has 0 radical (unpaired) electrons. The number of halogens is 4. The average molecular weight is 270 g/mol. The van der Waals surface area contributed by atoms with Gasteiger partial charge in [0.1, 0.15) is 11.6 Å². The first-order valence-electron chi connectivity index (χ1n) is 3.65. The molecule has 2 nitrogen and oxygen atoms in total. The Morgan fingerprint density at radius 1 is 1.36 bits per heavy atom. The molecule has 0 saturated carbocycles. The molecule has 1 aromatic carbocycles. The van der Waals surface area contributed by atoms with Gasteiger partial charge < -0.3 is 10.8 Å². The summed E-state index contributed by atoms with van der Waals surface area (Å²) in [5.74, 6) is -1.31. The van der Waals surface area contributed by atoms with Gasteiger partial charge in [-0.05, 0) is 22.0 Å². The summed E-state index contributed by atoms with van der Waals surface area (Å²) < 4.78 is 36.9. The topological polar surface area (TPSA) is 46.2 Å².